The van der Waals surface area contributed by atoms with Gasteiger partial charge in [0.2, 0.25) is 0 Å². The molecule has 0 saturated heterocycles. The minimum atomic E-state index is -4.75. The summed E-state index contributed by atoms with van der Waals surface area (Å²) in [6.07, 6.45) is -4.75. The topological polar surface area (TPSA) is 87.5 Å². The van der Waals surface area contributed by atoms with Gasteiger partial charge in [0.25, 0.3) is 5.91 Å². The lowest BCUT2D eigenvalue weighted by molar-refractivity contribution is -0.141. The second kappa shape index (κ2) is 6.60. The number of carboxylic acid groups (broad SMARTS) is 1. The molecule has 2 N–H and O–H groups in total. The fraction of sp³-hybridized carbons (Fsp3) is 0.353. The number of carboxylic acids is 1. The predicted molar refractivity (Wildman–Crippen MR) is 89.8 cm³/mol. The van der Waals surface area contributed by atoms with Crippen LogP contribution in [0.4, 0.5) is 19.0 Å². The number of halogens is 3. The van der Waals surface area contributed by atoms with Crippen LogP contribution >= 0.6 is 0 Å². The van der Waals surface area contributed by atoms with Gasteiger partial charge >= 0.3 is 12.1 Å². The van der Waals surface area contributed by atoms with E-state index in [1.807, 2.05) is 0 Å². The van der Waals surface area contributed by atoms with Crippen LogP contribution in [-0.2, 0) is 12.7 Å². The largest absolute Gasteiger partial charge is 0.478 e. The van der Waals surface area contributed by atoms with Gasteiger partial charge in [-0.25, -0.2) is 9.48 Å². The van der Waals surface area contributed by atoms with Crippen molar-refractivity contribution in [2.24, 2.45) is 0 Å². The maximum atomic E-state index is 13.3. The minimum Gasteiger partial charge on any atom is -0.478 e. The standard InChI is InChI=1S/C17H17F3N4O3/c1-9(10-3-5-11(6-4-10)16(26)27)21-14(25)12-13(17(18,19)20)22-24-8-7-23(2)15(12)24/h3-6,9H,7-8H2,1-2H3,(H,21,25)(H,26,27)/t9-/m0/s1. The third-order valence-electron chi connectivity index (χ3n) is 4.44. The number of aromatic nitrogens is 2. The Hall–Kier alpha value is -3.04. The highest BCUT2D eigenvalue weighted by Gasteiger charge is 2.43. The molecule has 1 aromatic heterocycles. The summed E-state index contributed by atoms with van der Waals surface area (Å²) in [5, 5.41) is 15.0. The monoisotopic (exact) mass is 382 g/mol. The van der Waals surface area contributed by atoms with E-state index in [1.165, 1.54) is 28.9 Å². The average Bonchev–Trinajstić information content (AvgIpc) is 3.15. The van der Waals surface area contributed by atoms with Crippen molar-refractivity contribution in [1.29, 1.82) is 0 Å². The Balaban J connectivity index is 1.89. The summed E-state index contributed by atoms with van der Waals surface area (Å²) in [4.78, 5) is 25.1. The highest BCUT2D eigenvalue weighted by Crippen LogP contribution is 2.37. The molecular formula is C17H17F3N4O3. The van der Waals surface area contributed by atoms with E-state index in [4.69, 9.17) is 5.11 Å². The van der Waals surface area contributed by atoms with Crippen molar-refractivity contribution in [3.8, 4) is 0 Å². The molecule has 27 heavy (non-hydrogen) atoms. The molecule has 3 rings (SSSR count). The normalized spacial score (nSPS) is 14.8. The number of nitrogens with one attached hydrogen (secondary N) is 1. The van der Waals surface area contributed by atoms with Gasteiger partial charge in [0.1, 0.15) is 11.4 Å². The second-order valence-electron chi connectivity index (χ2n) is 6.31. The summed E-state index contributed by atoms with van der Waals surface area (Å²) in [5.74, 6) is -1.84. The summed E-state index contributed by atoms with van der Waals surface area (Å²) in [5.41, 5.74) is -1.07. The number of aromatic carboxylic acids is 1. The van der Waals surface area contributed by atoms with Gasteiger partial charge in [0, 0.05) is 13.6 Å². The average molecular weight is 382 g/mol. The maximum absolute atomic E-state index is 13.3. The molecule has 1 aliphatic heterocycles. The highest BCUT2D eigenvalue weighted by atomic mass is 19.4. The number of fused-ring (bicyclic) bond motifs is 1. The van der Waals surface area contributed by atoms with Gasteiger partial charge in [-0.15, -0.1) is 0 Å². The Morgan fingerprint density at radius 1 is 1.22 bits per heavy atom. The molecule has 0 spiro atoms. The number of amides is 1. The molecule has 0 radical (unpaired) electrons. The zero-order chi connectivity index (χ0) is 19.9. The molecule has 0 aliphatic carbocycles. The van der Waals surface area contributed by atoms with Crippen molar-refractivity contribution < 1.29 is 27.9 Å². The number of likely N-dealkylation sites (N-methyl/N-ethyl adjacent to an activating group) is 1. The Labute approximate surface area is 152 Å². The summed E-state index contributed by atoms with van der Waals surface area (Å²) in [7, 11) is 1.60. The fourth-order valence-corrected chi connectivity index (χ4v) is 3.02. The Kier molecular flexibility index (Phi) is 4.58. The lowest BCUT2D eigenvalue weighted by atomic mass is 10.1. The first-order valence-corrected chi connectivity index (χ1v) is 8.13. The van der Waals surface area contributed by atoms with E-state index in [-0.39, 0.29) is 17.9 Å². The Bertz CT molecular complexity index is 890. The molecule has 7 nitrogen and oxygen atoms in total. The fourth-order valence-electron chi connectivity index (χ4n) is 3.02. The van der Waals surface area contributed by atoms with Crippen LogP contribution in [0.5, 0.6) is 0 Å². The predicted octanol–water partition coefficient (Wildman–Crippen LogP) is 2.54. The third-order valence-corrected chi connectivity index (χ3v) is 4.44. The molecule has 0 bridgehead atoms. The molecule has 1 aliphatic rings. The summed E-state index contributed by atoms with van der Waals surface area (Å²) < 4.78 is 41.2. The maximum Gasteiger partial charge on any atom is 0.436 e. The van der Waals surface area contributed by atoms with Gasteiger partial charge in [-0.3, -0.25) is 4.79 Å². The lowest BCUT2D eigenvalue weighted by Gasteiger charge is -2.17. The van der Waals surface area contributed by atoms with Gasteiger partial charge in [0.15, 0.2) is 5.69 Å². The molecule has 0 saturated carbocycles. The lowest BCUT2D eigenvalue weighted by Crippen LogP contribution is -2.30. The SMILES string of the molecule is C[C@H](NC(=O)c1c(C(F)(F)F)nn2c1N(C)CC2)c1ccc(C(=O)O)cc1. The molecule has 1 atom stereocenters. The van der Waals surface area contributed by atoms with Gasteiger partial charge in [-0.2, -0.15) is 18.3 Å². The molecule has 2 heterocycles. The van der Waals surface area contributed by atoms with E-state index >= 15 is 0 Å². The molecule has 144 valence electrons. The smallest absolute Gasteiger partial charge is 0.436 e. The van der Waals surface area contributed by atoms with Gasteiger partial charge in [-0.05, 0) is 24.6 Å². The first-order chi connectivity index (χ1) is 12.6. The van der Waals surface area contributed by atoms with E-state index in [1.54, 1.807) is 18.9 Å². The van der Waals surface area contributed by atoms with Gasteiger partial charge < -0.3 is 15.3 Å². The van der Waals surface area contributed by atoms with Crippen LogP contribution in [0.1, 0.15) is 44.9 Å². The summed E-state index contributed by atoms with van der Waals surface area (Å²) in [6.45, 7) is 2.34. The number of hydrogen-bond donors (Lipinski definition) is 2. The van der Waals surface area contributed by atoms with Crippen LogP contribution < -0.4 is 10.2 Å². The molecular weight excluding hydrogens is 365 g/mol. The number of anilines is 1. The van der Waals surface area contributed by atoms with Crippen molar-refractivity contribution in [3.63, 3.8) is 0 Å². The minimum absolute atomic E-state index is 0.0766. The number of benzene rings is 1. The second-order valence-corrected chi connectivity index (χ2v) is 6.31. The zero-order valence-corrected chi connectivity index (χ0v) is 14.5. The molecule has 1 amide bonds. The van der Waals surface area contributed by atoms with Crippen LogP contribution in [0, 0.1) is 0 Å². The molecule has 0 fully saturated rings. The van der Waals surface area contributed by atoms with E-state index < -0.39 is 35.4 Å². The summed E-state index contributed by atoms with van der Waals surface area (Å²) >= 11 is 0. The van der Waals surface area contributed by atoms with Gasteiger partial charge in [-0.1, -0.05) is 12.1 Å². The number of alkyl halides is 3. The third kappa shape index (κ3) is 3.46. The number of hydrogen-bond acceptors (Lipinski definition) is 4. The molecule has 10 heteroatoms. The first-order valence-electron chi connectivity index (χ1n) is 8.13. The van der Waals surface area contributed by atoms with Crippen LogP contribution in [0.15, 0.2) is 24.3 Å². The quantitative estimate of drug-likeness (QED) is 0.849. The number of nitrogens with zero attached hydrogens (tertiary/aromatic N) is 3. The van der Waals surface area contributed by atoms with E-state index in [2.05, 4.69) is 10.4 Å². The van der Waals surface area contributed by atoms with Crippen LogP contribution in [0.3, 0.4) is 0 Å². The molecule has 2 aromatic rings. The van der Waals surface area contributed by atoms with E-state index in [9.17, 15) is 22.8 Å². The van der Waals surface area contributed by atoms with Gasteiger partial charge in [0.05, 0.1) is 18.2 Å². The zero-order valence-electron chi connectivity index (χ0n) is 14.5. The molecule has 0 unspecified atom stereocenters. The highest BCUT2D eigenvalue weighted by molar-refractivity contribution is 6.01. The van der Waals surface area contributed by atoms with Crippen LogP contribution in [-0.4, -0.2) is 40.4 Å². The van der Waals surface area contributed by atoms with Crippen molar-refractivity contribution in [1.82, 2.24) is 15.1 Å². The van der Waals surface area contributed by atoms with E-state index in [0.29, 0.717) is 12.1 Å². The van der Waals surface area contributed by atoms with Crippen molar-refractivity contribution >= 4 is 17.7 Å². The van der Waals surface area contributed by atoms with Crippen molar-refractivity contribution in [3.05, 3.63) is 46.6 Å². The van der Waals surface area contributed by atoms with Crippen molar-refractivity contribution in [2.75, 3.05) is 18.5 Å². The van der Waals surface area contributed by atoms with Crippen LogP contribution in [0.2, 0.25) is 0 Å². The Morgan fingerprint density at radius 3 is 2.41 bits per heavy atom. The Morgan fingerprint density at radius 2 is 1.85 bits per heavy atom. The number of carbonyl (C=O) groups excluding carboxylic acids is 1. The van der Waals surface area contributed by atoms with Crippen molar-refractivity contribution in [2.45, 2.75) is 25.7 Å². The van der Waals surface area contributed by atoms with E-state index in [0.717, 1.165) is 0 Å². The number of carbonyl (C=O) groups is 2. The first kappa shape index (κ1) is 18.7. The van der Waals surface area contributed by atoms with Crippen LogP contribution in [0.25, 0.3) is 0 Å². The summed E-state index contributed by atoms with van der Waals surface area (Å²) in [6, 6.07) is 5.13. The molecule has 1 aromatic carbocycles. The number of rotatable bonds is 4.